The number of hydroxylamine groups is 4. The van der Waals surface area contributed by atoms with Crippen molar-refractivity contribution in [2.75, 3.05) is 23.8 Å². The summed E-state index contributed by atoms with van der Waals surface area (Å²) in [6, 6.07) is 15.7. The first-order valence-corrected chi connectivity index (χ1v) is 18.4. The molecule has 2 aliphatic rings. The fourth-order valence-electron chi connectivity index (χ4n) is 6.13. The average Bonchev–Trinajstić information content (AvgIpc) is 3.58. The first kappa shape index (κ1) is 41.5. The summed E-state index contributed by atoms with van der Waals surface area (Å²) in [6.45, 7) is 7.59. The zero-order chi connectivity index (χ0) is 42.3. The summed E-state index contributed by atoms with van der Waals surface area (Å²) in [5, 5.41) is 27.9. The Morgan fingerprint density at radius 3 is 1.41 bits per heavy atom. The molecule has 2 aliphatic heterocycles. The second-order valence-electron chi connectivity index (χ2n) is 15.0. The molecule has 0 aromatic heterocycles. The number of aromatic carboxylic acids is 2. The van der Waals surface area contributed by atoms with Crippen molar-refractivity contribution < 1.29 is 53.4 Å². The average molecular weight is 832 g/mol. The van der Waals surface area contributed by atoms with Crippen LogP contribution in [-0.4, -0.2) is 74.9 Å². The molecule has 0 saturated carbocycles. The first-order chi connectivity index (χ1) is 27.2. The van der Waals surface area contributed by atoms with Gasteiger partial charge in [0.1, 0.15) is 0 Å². The summed E-state index contributed by atoms with van der Waals surface area (Å²) >= 11 is 12.9. The van der Waals surface area contributed by atoms with Gasteiger partial charge in [0.25, 0.3) is 23.6 Å². The molecule has 6 rings (SSSR count). The normalized spacial score (nSPS) is 15.7. The van der Waals surface area contributed by atoms with Crippen molar-refractivity contribution in [3.05, 3.63) is 127 Å². The predicted octanol–water partition coefficient (Wildman–Crippen LogP) is 6.73. The van der Waals surface area contributed by atoms with Gasteiger partial charge in [-0.25, -0.2) is 19.7 Å². The van der Waals surface area contributed by atoms with Crippen LogP contribution in [0, 0.1) is 10.8 Å². The van der Waals surface area contributed by atoms with Crippen LogP contribution in [0.25, 0.3) is 0 Å². The summed E-state index contributed by atoms with van der Waals surface area (Å²) in [5.41, 5.74) is -1.77. The number of hydrogen-bond donors (Lipinski definition) is 4. The number of rotatable bonds is 12. The van der Waals surface area contributed by atoms with E-state index in [-0.39, 0.29) is 81.8 Å². The van der Waals surface area contributed by atoms with Gasteiger partial charge in [-0.1, -0.05) is 47.5 Å². The number of nitrogens with one attached hydrogen (secondary N) is 2. The Morgan fingerprint density at radius 1 is 0.603 bits per heavy atom. The van der Waals surface area contributed by atoms with E-state index >= 15 is 0 Å². The lowest BCUT2D eigenvalue weighted by molar-refractivity contribution is -0.165. The molecule has 15 nitrogen and oxygen atoms in total. The van der Waals surface area contributed by atoms with Gasteiger partial charge < -0.3 is 20.8 Å². The van der Waals surface area contributed by atoms with Gasteiger partial charge in [-0.2, -0.15) is 0 Å². The molecule has 2 saturated heterocycles. The van der Waals surface area contributed by atoms with Gasteiger partial charge in [0.05, 0.1) is 59.4 Å². The molecule has 17 heteroatoms. The highest BCUT2D eigenvalue weighted by molar-refractivity contribution is 6.32. The maximum Gasteiger partial charge on any atom is 0.336 e. The summed E-state index contributed by atoms with van der Waals surface area (Å²) in [5.74, 6) is -5.85. The van der Waals surface area contributed by atoms with Crippen LogP contribution in [0.2, 0.25) is 10.0 Å². The number of anilines is 2. The largest absolute Gasteiger partial charge is 0.478 e. The quantitative estimate of drug-likeness (QED) is 0.110. The van der Waals surface area contributed by atoms with Gasteiger partial charge in [0.15, 0.2) is 5.78 Å². The van der Waals surface area contributed by atoms with Crippen LogP contribution in [0.15, 0.2) is 72.8 Å². The van der Waals surface area contributed by atoms with E-state index in [1.54, 1.807) is 39.8 Å². The van der Waals surface area contributed by atoms with Gasteiger partial charge in [-0.05, 0) is 87.4 Å². The fraction of sp³-hybridized carbons (Fsp3) is 0.244. The van der Waals surface area contributed by atoms with E-state index in [4.69, 9.17) is 32.9 Å². The summed E-state index contributed by atoms with van der Waals surface area (Å²) < 4.78 is 0. The van der Waals surface area contributed by atoms with Crippen molar-refractivity contribution in [3.8, 4) is 0 Å². The van der Waals surface area contributed by atoms with Crippen molar-refractivity contribution in [3.63, 3.8) is 0 Å². The van der Waals surface area contributed by atoms with Crippen molar-refractivity contribution in [1.82, 2.24) is 10.1 Å². The van der Waals surface area contributed by atoms with Crippen LogP contribution in [0.1, 0.15) is 96.2 Å². The molecule has 0 unspecified atom stereocenters. The standard InChI is InChI=1S/C41H36Cl2N4O11/c1-40(2)19-57-46(38(40)55)17-23-5-9-25(15-31(23)42)44-34(49)27-11-7-22(14-30(27)37(53)54)33(48)21-8-12-28(36(51)52)29(13-21)35(50)45-26-10-6-24(32(43)16-26)18-47-39(56)41(3,4)20-58-47/h5-16H,17-20H2,1-4H3,(H,44,49)(H,45,50)(H,51,52)(H,53,54). The maximum absolute atomic E-state index is 13.7. The molecule has 2 fully saturated rings. The summed E-state index contributed by atoms with van der Waals surface area (Å²) in [6.07, 6.45) is 0. The van der Waals surface area contributed by atoms with Gasteiger partial charge in [0.2, 0.25) is 0 Å². The molecular weight excluding hydrogens is 795 g/mol. The Balaban J connectivity index is 1.17. The van der Waals surface area contributed by atoms with E-state index in [0.29, 0.717) is 11.1 Å². The Kier molecular flexibility index (Phi) is 11.5. The minimum atomic E-state index is -1.51. The molecule has 58 heavy (non-hydrogen) atoms. The molecule has 2 heterocycles. The van der Waals surface area contributed by atoms with Crippen molar-refractivity contribution in [2.45, 2.75) is 40.8 Å². The van der Waals surface area contributed by atoms with Crippen LogP contribution in [0.5, 0.6) is 0 Å². The molecule has 0 spiro atoms. The number of carboxylic acids is 2. The number of carbonyl (C=O) groups is 7. The van der Waals surface area contributed by atoms with Crippen LogP contribution in [-0.2, 0) is 32.4 Å². The minimum absolute atomic E-state index is 0.0554. The van der Waals surface area contributed by atoms with Crippen molar-refractivity contribution in [1.29, 1.82) is 0 Å². The molecule has 4 amide bonds. The van der Waals surface area contributed by atoms with E-state index in [9.17, 15) is 43.8 Å². The minimum Gasteiger partial charge on any atom is -0.478 e. The van der Waals surface area contributed by atoms with Crippen LogP contribution < -0.4 is 10.6 Å². The van der Waals surface area contributed by atoms with E-state index in [0.717, 1.165) is 24.3 Å². The summed E-state index contributed by atoms with van der Waals surface area (Å²) in [7, 11) is 0. The molecule has 0 atom stereocenters. The Bertz CT molecular complexity index is 2430. The number of halogens is 2. The molecule has 4 aromatic rings. The highest BCUT2D eigenvalue weighted by Gasteiger charge is 2.41. The molecule has 4 N–H and O–H groups in total. The summed E-state index contributed by atoms with van der Waals surface area (Å²) in [4.78, 5) is 101. The number of benzene rings is 4. The Morgan fingerprint density at radius 2 is 1.02 bits per heavy atom. The van der Waals surface area contributed by atoms with Crippen LogP contribution in [0.4, 0.5) is 11.4 Å². The predicted molar refractivity (Wildman–Crippen MR) is 210 cm³/mol. The van der Waals surface area contributed by atoms with Gasteiger partial charge in [0, 0.05) is 32.5 Å². The molecule has 4 aromatic carbocycles. The third-order valence-corrected chi connectivity index (χ3v) is 10.2. The third-order valence-electron chi connectivity index (χ3n) is 9.54. The lowest BCUT2D eigenvalue weighted by Gasteiger charge is -2.18. The lowest BCUT2D eigenvalue weighted by Crippen LogP contribution is -2.30. The number of nitrogens with zero attached hydrogens (tertiary/aromatic N) is 2. The maximum atomic E-state index is 13.7. The smallest absolute Gasteiger partial charge is 0.336 e. The number of amides is 4. The highest BCUT2D eigenvalue weighted by atomic mass is 35.5. The van der Waals surface area contributed by atoms with Gasteiger partial charge in [-0.15, -0.1) is 0 Å². The number of ketones is 1. The Labute approximate surface area is 341 Å². The molecule has 300 valence electrons. The first-order valence-electron chi connectivity index (χ1n) is 17.6. The number of hydrogen-bond acceptors (Lipinski definition) is 9. The molecular formula is C41H36Cl2N4O11. The van der Waals surface area contributed by atoms with Crippen LogP contribution in [0.3, 0.4) is 0 Å². The van der Waals surface area contributed by atoms with Crippen LogP contribution >= 0.6 is 23.2 Å². The van der Waals surface area contributed by atoms with Crippen molar-refractivity contribution >= 4 is 75.9 Å². The number of carbonyl (C=O) groups excluding carboxylic acids is 5. The number of carboxylic acid groups (broad SMARTS) is 2. The SMILES string of the molecule is CC1(C)CON(Cc2ccc(NC(=O)c3ccc(C(=O)c4ccc(C(=O)O)c(C(=O)Nc5ccc(CN6OCC(C)(C)C6=O)c(Cl)c5)c4)cc3C(=O)O)cc2Cl)C1=O. The zero-order valence-corrected chi connectivity index (χ0v) is 33.0. The molecule has 0 aliphatic carbocycles. The monoisotopic (exact) mass is 830 g/mol. The van der Waals surface area contributed by atoms with E-state index in [2.05, 4.69) is 10.6 Å². The van der Waals surface area contributed by atoms with E-state index in [1.165, 1.54) is 46.5 Å². The van der Waals surface area contributed by atoms with E-state index < -0.39 is 51.5 Å². The topological polar surface area (TPSA) is 209 Å². The van der Waals surface area contributed by atoms with Crippen molar-refractivity contribution in [2.24, 2.45) is 10.8 Å². The Hall–Kier alpha value is -6.13. The van der Waals surface area contributed by atoms with E-state index in [1.807, 2.05) is 0 Å². The molecule has 0 bridgehead atoms. The molecule has 0 radical (unpaired) electrons. The van der Waals surface area contributed by atoms with Gasteiger partial charge >= 0.3 is 11.9 Å². The lowest BCUT2D eigenvalue weighted by atomic mass is 9.95. The van der Waals surface area contributed by atoms with Gasteiger partial charge in [-0.3, -0.25) is 33.6 Å². The fourth-order valence-corrected chi connectivity index (χ4v) is 6.61. The zero-order valence-electron chi connectivity index (χ0n) is 31.5. The third kappa shape index (κ3) is 8.57. The second-order valence-corrected chi connectivity index (χ2v) is 15.8. The second kappa shape index (κ2) is 16.0. The highest BCUT2D eigenvalue weighted by Crippen LogP contribution is 2.32.